The highest BCUT2D eigenvalue weighted by Crippen LogP contribution is 2.21. The van der Waals surface area contributed by atoms with E-state index in [1.54, 1.807) is 13.8 Å². The van der Waals surface area contributed by atoms with Gasteiger partial charge in [0, 0.05) is 45.9 Å². The third kappa shape index (κ3) is 5.90. The molecule has 2 amide bonds. The molecule has 3 rings (SSSR count). The Bertz CT molecular complexity index is 703. The average molecular weight is 400 g/mol. The van der Waals surface area contributed by atoms with Crippen LogP contribution in [0.4, 0.5) is 0 Å². The van der Waals surface area contributed by atoms with E-state index in [2.05, 4.69) is 34.5 Å². The minimum Gasteiger partial charge on any atom is -0.376 e. The van der Waals surface area contributed by atoms with E-state index in [4.69, 9.17) is 4.74 Å². The molecular weight excluding hydrogens is 366 g/mol. The number of rotatable bonds is 7. The van der Waals surface area contributed by atoms with Gasteiger partial charge in [-0.15, -0.1) is 0 Å². The van der Waals surface area contributed by atoms with Crippen LogP contribution in [0.5, 0.6) is 0 Å². The molecule has 0 aromatic heterocycles. The molecule has 1 unspecified atom stereocenters. The van der Waals surface area contributed by atoms with E-state index in [0.717, 1.165) is 39.1 Å². The molecule has 2 aliphatic heterocycles. The zero-order valence-corrected chi connectivity index (χ0v) is 17.6. The molecule has 0 aliphatic carbocycles. The summed E-state index contributed by atoms with van der Waals surface area (Å²) in [5.41, 5.74) is 0.130. The minimum atomic E-state index is -1.06. The van der Waals surface area contributed by atoms with Crippen molar-refractivity contribution in [2.45, 2.75) is 32.8 Å². The Labute approximate surface area is 173 Å². The van der Waals surface area contributed by atoms with E-state index in [-0.39, 0.29) is 17.9 Å². The number of hydrogen-bond donors (Lipinski definition) is 1. The largest absolute Gasteiger partial charge is 0.376 e. The summed E-state index contributed by atoms with van der Waals surface area (Å²) in [6, 6.07) is 10.2. The van der Waals surface area contributed by atoms with Crippen molar-refractivity contribution in [2.24, 2.45) is 5.41 Å². The van der Waals surface area contributed by atoms with Crippen molar-refractivity contribution in [3.05, 3.63) is 42.0 Å². The second kappa shape index (κ2) is 10.0. The lowest BCUT2D eigenvalue weighted by Gasteiger charge is -2.37. The van der Waals surface area contributed by atoms with Crippen molar-refractivity contribution >= 4 is 17.9 Å². The molecule has 2 aliphatic rings. The van der Waals surface area contributed by atoms with Crippen molar-refractivity contribution in [2.75, 3.05) is 45.9 Å². The first kappa shape index (κ1) is 21.5. The molecule has 0 saturated carbocycles. The molecule has 2 fully saturated rings. The van der Waals surface area contributed by atoms with Gasteiger partial charge in [0.2, 0.25) is 11.8 Å². The standard InChI is InChI=1S/C23H33N3O3/c1-23(2,21(27)24-18-20-11-7-17-29-20)22(28)26-15-13-25(14-16-26)12-6-10-19-8-4-3-5-9-19/h3-6,8-10,20H,7,11-18H2,1-2H3,(H,24,27)/b10-6+. The molecular formula is C23H33N3O3. The van der Waals surface area contributed by atoms with Crippen molar-refractivity contribution < 1.29 is 14.3 Å². The predicted molar refractivity (Wildman–Crippen MR) is 114 cm³/mol. The second-order valence-electron chi connectivity index (χ2n) is 8.38. The summed E-state index contributed by atoms with van der Waals surface area (Å²) in [6.07, 6.45) is 6.37. The molecule has 1 aromatic rings. The number of carbonyl (C=O) groups excluding carboxylic acids is 2. The molecule has 29 heavy (non-hydrogen) atoms. The Morgan fingerprint density at radius 1 is 1.17 bits per heavy atom. The van der Waals surface area contributed by atoms with E-state index in [9.17, 15) is 9.59 Å². The normalized spacial score (nSPS) is 20.9. The van der Waals surface area contributed by atoms with Gasteiger partial charge in [0.1, 0.15) is 5.41 Å². The van der Waals surface area contributed by atoms with E-state index < -0.39 is 5.41 Å². The molecule has 0 radical (unpaired) electrons. The Balaban J connectivity index is 1.43. The number of nitrogens with one attached hydrogen (secondary N) is 1. The van der Waals surface area contributed by atoms with Gasteiger partial charge in [-0.05, 0) is 32.3 Å². The minimum absolute atomic E-state index is 0.0809. The Kier molecular flexibility index (Phi) is 7.45. The van der Waals surface area contributed by atoms with E-state index in [1.165, 1.54) is 5.56 Å². The van der Waals surface area contributed by atoms with Gasteiger partial charge in [-0.1, -0.05) is 42.5 Å². The summed E-state index contributed by atoms with van der Waals surface area (Å²) in [5, 5.41) is 2.91. The van der Waals surface area contributed by atoms with Gasteiger partial charge in [0.25, 0.3) is 0 Å². The van der Waals surface area contributed by atoms with Gasteiger partial charge in [0.15, 0.2) is 0 Å². The summed E-state index contributed by atoms with van der Waals surface area (Å²) in [7, 11) is 0. The van der Waals surface area contributed by atoms with Crippen LogP contribution >= 0.6 is 0 Å². The Hall–Kier alpha value is -2.18. The summed E-state index contributed by atoms with van der Waals surface area (Å²) >= 11 is 0. The second-order valence-corrected chi connectivity index (χ2v) is 8.38. The first-order valence-corrected chi connectivity index (χ1v) is 10.6. The number of piperazine rings is 1. The zero-order chi connectivity index (χ0) is 20.7. The zero-order valence-electron chi connectivity index (χ0n) is 17.6. The van der Waals surface area contributed by atoms with Crippen LogP contribution in [0.1, 0.15) is 32.3 Å². The molecule has 1 N–H and O–H groups in total. The highest BCUT2D eigenvalue weighted by atomic mass is 16.5. The van der Waals surface area contributed by atoms with Crippen LogP contribution in [0.25, 0.3) is 6.08 Å². The molecule has 0 bridgehead atoms. The molecule has 2 saturated heterocycles. The highest BCUT2D eigenvalue weighted by molar-refractivity contribution is 6.04. The Morgan fingerprint density at radius 3 is 2.55 bits per heavy atom. The molecule has 0 spiro atoms. The smallest absolute Gasteiger partial charge is 0.237 e. The first-order valence-electron chi connectivity index (χ1n) is 10.6. The molecule has 158 valence electrons. The summed E-state index contributed by atoms with van der Waals surface area (Å²) in [6.45, 7) is 8.48. The summed E-state index contributed by atoms with van der Waals surface area (Å²) in [4.78, 5) is 29.7. The lowest BCUT2D eigenvalue weighted by atomic mass is 9.90. The summed E-state index contributed by atoms with van der Waals surface area (Å²) < 4.78 is 5.54. The van der Waals surface area contributed by atoms with Crippen LogP contribution in [0.15, 0.2) is 36.4 Å². The van der Waals surface area contributed by atoms with Crippen LogP contribution in [0.2, 0.25) is 0 Å². The highest BCUT2D eigenvalue weighted by Gasteiger charge is 2.40. The van der Waals surface area contributed by atoms with Crippen molar-refractivity contribution in [1.29, 1.82) is 0 Å². The van der Waals surface area contributed by atoms with Gasteiger partial charge >= 0.3 is 0 Å². The molecule has 2 heterocycles. The van der Waals surface area contributed by atoms with Gasteiger partial charge in [-0.25, -0.2) is 0 Å². The average Bonchev–Trinajstić information content (AvgIpc) is 3.26. The fourth-order valence-electron chi connectivity index (χ4n) is 3.76. The maximum atomic E-state index is 13.0. The number of benzene rings is 1. The number of amides is 2. The molecule has 6 heteroatoms. The molecule has 6 nitrogen and oxygen atoms in total. The van der Waals surface area contributed by atoms with E-state index in [0.29, 0.717) is 19.6 Å². The van der Waals surface area contributed by atoms with Crippen molar-refractivity contribution in [1.82, 2.24) is 15.1 Å². The van der Waals surface area contributed by atoms with Crippen LogP contribution in [-0.2, 0) is 14.3 Å². The fourth-order valence-corrected chi connectivity index (χ4v) is 3.76. The van der Waals surface area contributed by atoms with Crippen LogP contribution in [-0.4, -0.2) is 73.6 Å². The monoisotopic (exact) mass is 399 g/mol. The molecule has 1 aromatic carbocycles. The summed E-state index contributed by atoms with van der Waals surface area (Å²) in [5.74, 6) is -0.312. The molecule has 1 atom stereocenters. The SMILES string of the molecule is CC(C)(C(=O)NCC1CCCO1)C(=O)N1CCN(C/C=C/c2ccccc2)CC1. The number of ether oxygens (including phenoxy) is 1. The third-order valence-electron chi connectivity index (χ3n) is 5.75. The van der Waals surface area contributed by atoms with Crippen LogP contribution < -0.4 is 5.32 Å². The quantitative estimate of drug-likeness (QED) is 0.714. The van der Waals surface area contributed by atoms with Crippen LogP contribution in [0.3, 0.4) is 0 Å². The number of hydrogen-bond acceptors (Lipinski definition) is 4. The van der Waals surface area contributed by atoms with E-state index in [1.807, 2.05) is 23.1 Å². The van der Waals surface area contributed by atoms with E-state index >= 15 is 0 Å². The fraction of sp³-hybridized carbons (Fsp3) is 0.565. The topological polar surface area (TPSA) is 61.9 Å². The van der Waals surface area contributed by atoms with Gasteiger partial charge < -0.3 is 15.0 Å². The third-order valence-corrected chi connectivity index (χ3v) is 5.75. The lowest BCUT2D eigenvalue weighted by Crippen LogP contribution is -2.55. The lowest BCUT2D eigenvalue weighted by molar-refractivity contribution is -0.150. The first-order chi connectivity index (χ1) is 14.0. The van der Waals surface area contributed by atoms with Crippen molar-refractivity contribution in [3.63, 3.8) is 0 Å². The number of nitrogens with zero attached hydrogens (tertiary/aromatic N) is 2. The van der Waals surface area contributed by atoms with Gasteiger partial charge in [0.05, 0.1) is 6.10 Å². The van der Waals surface area contributed by atoms with Gasteiger partial charge in [-0.3, -0.25) is 14.5 Å². The predicted octanol–water partition coefficient (Wildman–Crippen LogP) is 2.17. The maximum Gasteiger partial charge on any atom is 0.237 e. The van der Waals surface area contributed by atoms with Gasteiger partial charge in [-0.2, -0.15) is 0 Å². The number of carbonyl (C=O) groups is 2. The maximum absolute atomic E-state index is 13.0. The Morgan fingerprint density at radius 2 is 1.90 bits per heavy atom. The van der Waals surface area contributed by atoms with Crippen LogP contribution in [0, 0.1) is 5.41 Å². The van der Waals surface area contributed by atoms with Crippen molar-refractivity contribution in [3.8, 4) is 0 Å².